The normalized spacial score (nSPS) is 28.5. The first-order valence-corrected chi connectivity index (χ1v) is 8.88. The largest absolute Gasteiger partial charge is 0.384 e. The molecule has 0 saturated heterocycles. The Kier molecular flexibility index (Phi) is 8.79. The third-order valence-electron chi connectivity index (χ3n) is 5.43. The van der Waals surface area contributed by atoms with Gasteiger partial charge in [0, 0.05) is 20.3 Å². The van der Waals surface area contributed by atoms with Crippen molar-refractivity contribution in [3.8, 4) is 0 Å². The van der Waals surface area contributed by atoms with Gasteiger partial charge in [0.2, 0.25) is 0 Å². The maximum atomic E-state index is 5.45. The zero-order chi connectivity index (χ0) is 14.8. The molecule has 1 unspecified atom stereocenters. The smallest absolute Gasteiger partial charge is 0.0493 e. The van der Waals surface area contributed by atoms with Crippen molar-refractivity contribution in [1.29, 1.82) is 0 Å². The van der Waals surface area contributed by atoms with Crippen LogP contribution in [0.15, 0.2) is 0 Å². The fraction of sp³-hybridized carbons (Fsp3) is 1.00. The van der Waals surface area contributed by atoms with E-state index < -0.39 is 0 Å². The Bertz CT molecular complexity index is 234. The molecule has 1 fully saturated rings. The summed E-state index contributed by atoms with van der Waals surface area (Å²) in [7, 11) is 1.84. The number of nitrogens with one attached hydrogen (secondary N) is 1. The SMILES string of the molecule is CCCCC1CCC(CNCCC)(C(C)COC)CC1. The first kappa shape index (κ1) is 18.0. The lowest BCUT2D eigenvalue weighted by Crippen LogP contribution is -2.44. The predicted molar refractivity (Wildman–Crippen MR) is 88.1 cm³/mol. The first-order chi connectivity index (χ1) is 9.68. The maximum absolute atomic E-state index is 5.45. The molecular weight excluding hydrogens is 246 g/mol. The molecule has 0 amide bonds. The van der Waals surface area contributed by atoms with E-state index in [0.717, 1.165) is 19.1 Å². The van der Waals surface area contributed by atoms with Gasteiger partial charge in [-0.05, 0) is 55.9 Å². The summed E-state index contributed by atoms with van der Waals surface area (Å²) in [6.45, 7) is 10.2. The van der Waals surface area contributed by atoms with Gasteiger partial charge in [-0.15, -0.1) is 0 Å². The quantitative estimate of drug-likeness (QED) is 0.590. The van der Waals surface area contributed by atoms with E-state index in [2.05, 4.69) is 26.1 Å². The summed E-state index contributed by atoms with van der Waals surface area (Å²) in [6, 6.07) is 0. The number of ether oxygens (including phenoxy) is 1. The van der Waals surface area contributed by atoms with E-state index in [1.807, 2.05) is 7.11 Å². The molecule has 0 radical (unpaired) electrons. The van der Waals surface area contributed by atoms with Gasteiger partial charge in [0.15, 0.2) is 0 Å². The molecule has 1 atom stereocenters. The highest BCUT2D eigenvalue weighted by Gasteiger charge is 2.39. The van der Waals surface area contributed by atoms with E-state index in [1.165, 1.54) is 57.9 Å². The molecule has 1 N–H and O–H groups in total. The van der Waals surface area contributed by atoms with Gasteiger partial charge in [-0.1, -0.05) is 40.0 Å². The summed E-state index contributed by atoms with van der Waals surface area (Å²) >= 11 is 0. The van der Waals surface area contributed by atoms with Gasteiger partial charge < -0.3 is 10.1 Å². The Balaban J connectivity index is 2.52. The maximum Gasteiger partial charge on any atom is 0.0493 e. The first-order valence-electron chi connectivity index (χ1n) is 8.88. The summed E-state index contributed by atoms with van der Waals surface area (Å²) in [6.07, 6.45) is 11.1. The third-order valence-corrected chi connectivity index (χ3v) is 5.43. The number of rotatable bonds is 10. The predicted octanol–water partition coefficient (Wildman–Crippen LogP) is 4.64. The van der Waals surface area contributed by atoms with Gasteiger partial charge in [-0.3, -0.25) is 0 Å². The van der Waals surface area contributed by atoms with Crippen molar-refractivity contribution < 1.29 is 4.74 Å². The molecule has 0 aliphatic heterocycles. The minimum absolute atomic E-state index is 0.480. The summed E-state index contributed by atoms with van der Waals surface area (Å²) < 4.78 is 5.45. The molecule has 0 bridgehead atoms. The van der Waals surface area contributed by atoms with Gasteiger partial charge in [-0.25, -0.2) is 0 Å². The fourth-order valence-corrected chi connectivity index (χ4v) is 3.82. The van der Waals surface area contributed by atoms with Crippen molar-refractivity contribution in [1.82, 2.24) is 5.32 Å². The van der Waals surface area contributed by atoms with Crippen LogP contribution in [0.1, 0.15) is 72.1 Å². The van der Waals surface area contributed by atoms with Gasteiger partial charge in [-0.2, -0.15) is 0 Å². The molecule has 1 saturated carbocycles. The molecule has 120 valence electrons. The Morgan fingerprint density at radius 1 is 1.20 bits per heavy atom. The van der Waals surface area contributed by atoms with Crippen molar-refractivity contribution in [2.45, 2.75) is 72.1 Å². The second-order valence-electron chi connectivity index (χ2n) is 6.98. The molecule has 2 heteroatoms. The summed E-state index contributed by atoms with van der Waals surface area (Å²) in [5.74, 6) is 1.66. The highest BCUT2D eigenvalue weighted by Crippen LogP contribution is 2.45. The lowest BCUT2D eigenvalue weighted by molar-refractivity contribution is 0.0263. The number of hydrogen-bond acceptors (Lipinski definition) is 2. The van der Waals surface area contributed by atoms with Crippen molar-refractivity contribution in [2.24, 2.45) is 17.3 Å². The highest BCUT2D eigenvalue weighted by molar-refractivity contribution is 4.91. The monoisotopic (exact) mass is 283 g/mol. The van der Waals surface area contributed by atoms with Crippen molar-refractivity contribution in [3.63, 3.8) is 0 Å². The molecule has 1 aliphatic carbocycles. The fourth-order valence-electron chi connectivity index (χ4n) is 3.82. The topological polar surface area (TPSA) is 21.3 Å². The second kappa shape index (κ2) is 9.78. The van der Waals surface area contributed by atoms with Crippen LogP contribution in [0.3, 0.4) is 0 Å². The minimum Gasteiger partial charge on any atom is -0.384 e. The minimum atomic E-state index is 0.480. The van der Waals surface area contributed by atoms with Crippen molar-refractivity contribution in [2.75, 3.05) is 26.8 Å². The number of unbranched alkanes of at least 4 members (excludes halogenated alkanes) is 1. The zero-order valence-corrected chi connectivity index (χ0v) is 14.3. The molecular formula is C18H37NO. The van der Waals surface area contributed by atoms with Crippen molar-refractivity contribution >= 4 is 0 Å². The lowest BCUT2D eigenvalue weighted by Gasteiger charge is -2.45. The van der Waals surface area contributed by atoms with Crippen LogP contribution in [0.25, 0.3) is 0 Å². The van der Waals surface area contributed by atoms with Gasteiger partial charge >= 0.3 is 0 Å². The number of hydrogen-bond donors (Lipinski definition) is 1. The van der Waals surface area contributed by atoms with Crippen LogP contribution in [-0.2, 0) is 4.74 Å². The van der Waals surface area contributed by atoms with Crippen LogP contribution in [0.5, 0.6) is 0 Å². The Morgan fingerprint density at radius 2 is 1.90 bits per heavy atom. The summed E-state index contributed by atoms with van der Waals surface area (Å²) in [4.78, 5) is 0. The second-order valence-corrected chi connectivity index (χ2v) is 6.98. The Morgan fingerprint density at radius 3 is 2.45 bits per heavy atom. The van der Waals surface area contributed by atoms with Crippen LogP contribution in [0.4, 0.5) is 0 Å². The third kappa shape index (κ3) is 5.37. The molecule has 0 aromatic carbocycles. The molecule has 1 aliphatic rings. The van der Waals surface area contributed by atoms with E-state index in [0.29, 0.717) is 11.3 Å². The summed E-state index contributed by atoms with van der Waals surface area (Å²) in [5.41, 5.74) is 0.480. The average molecular weight is 284 g/mol. The van der Waals surface area contributed by atoms with Gasteiger partial charge in [0.25, 0.3) is 0 Å². The molecule has 2 nitrogen and oxygen atoms in total. The molecule has 0 aromatic heterocycles. The lowest BCUT2D eigenvalue weighted by atomic mass is 9.63. The van der Waals surface area contributed by atoms with Crippen LogP contribution >= 0.6 is 0 Å². The van der Waals surface area contributed by atoms with Gasteiger partial charge in [0.1, 0.15) is 0 Å². The molecule has 0 aromatic rings. The van der Waals surface area contributed by atoms with E-state index >= 15 is 0 Å². The van der Waals surface area contributed by atoms with Crippen LogP contribution in [-0.4, -0.2) is 26.8 Å². The average Bonchev–Trinajstić information content (AvgIpc) is 2.47. The number of methoxy groups -OCH3 is 1. The standard InChI is InChI=1S/C18H37NO/c1-5-7-8-17-9-11-18(12-10-17,15-19-13-6-2)16(3)14-20-4/h16-17,19H,5-15H2,1-4H3. The summed E-state index contributed by atoms with van der Waals surface area (Å²) in [5, 5.41) is 3.69. The molecule has 1 rings (SSSR count). The Hall–Kier alpha value is -0.0800. The zero-order valence-electron chi connectivity index (χ0n) is 14.3. The van der Waals surface area contributed by atoms with Crippen LogP contribution in [0, 0.1) is 17.3 Å². The van der Waals surface area contributed by atoms with Gasteiger partial charge in [0.05, 0.1) is 0 Å². The Labute approximate surface area is 127 Å². The van der Waals surface area contributed by atoms with E-state index in [-0.39, 0.29) is 0 Å². The van der Waals surface area contributed by atoms with Crippen LogP contribution in [0.2, 0.25) is 0 Å². The molecule has 0 spiro atoms. The molecule has 20 heavy (non-hydrogen) atoms. The van der Waals surface area contributed by atoms with Crippen molar-refractivity contribution in [3.05, 3.63) is 0 Å². The van der Waals surface area contributed by atoms with E-state index in [9.17, 15) is 0 Å². The molecule has 0 heterocycles. The highest BCUT2D eigenvalue weighted by atomic mass is 16.5. The van der Waals surface area contributed by atoms with E-state index in [1.54, 1.807) is 0 Å². The van der Waals surface area contributed by atoms with E-state index in [4.69, 9.17) is 4.74 Å². The van der Waals surface area contributed by atoms with Crippen LogP contribution < -0.4 is 5.32 Å².